The minimum absolute atomic E-state index is 0.0758. The first-order chi connectivity index (χ1) is 11.0. The number of carbonyl (C=O) groups is 1. The molecule has 1 amide bonds. The zero-order chi connectivity index (χ0) is 16.7. The zero-order valence-electron chi connectivity index (χ0n) is 13.3. The molecule has 23 heavy (non-hydrogen) atoms. The van der Waals surface area contributed by atoms with E-state index >= 15 is 0 Å². The number of ether oxygens (including phenoxy) is 2. The van der Waals surface area contributed by atoms with Crippen molar-refractivity contribution in [3.8, 4) is 11.5 Å². The topological polar surface area (TPSA) is 47.6 Å². The monoisotopic (exact) mass is 333 g/mol. The van der Waals surface area contributed by atoms with Gasteiger partial charge in [0.25, 0.3) is 5.91 Å². The van der Waals surface area contributed by atoms with E-state index in [4.69, 9.17) is 21.1 Å². The van der Waals surface area contributed by atoms with Crippen molar-refractivity contribution in [1.82, 2.24) is 5.32 Å². The molecule has 0 atom stereocenters. The Morgan fingerprint density at radius 1 is 1.09 bits per heavy atom. The van der Waals surface area contributed by atoms with Gasteiger partial charge in [0, 0.05) is 0 Å². The largest absolute Gasteiger partial charge is 0.492 e. The lowest BCUT2D eigenvalue weighted by atomic mass is 10.2. The van der Waals surface area contributed by atoms with Gasteiger partial charge in [0.15, 0.2) is 6.61 Å². The summed E-state index contributed by atoms with van der Waals surface area (Å²) < 4.78 is 11.0. The Kier molecular flexibility index (Phi) is 6.29. The molecule has 0 saturated carbocycles. The molecular weight excluding hydrogens is 314 g/mol. The lowest BCUT2D eigenvalue weighted by Crippen LogP contribution is -2.32. The molecule has 122 valence electrons. The van der Waals surface area contributed by atoms with Crippen LogP contribution in [0.3, 0.4) is 0 Å². The van der Waals surface area contributed by atoms with E-state index in [1.54, 1.807) is 12.1 Å². The molecule has 0 saturated heterocycles. The lowest BCUT2D eigenvalue weighted by Gasteiger charge is -2.10. The molecule has 1 N–H and O–H groups in total. The maximum atomic E-state index is 11.7. The van der Waals surface area contributed by atoms with Crippen molar-refractivity contribution < 1.29 is 14.3 Å². The van der Waals surface area contributed by atoms with Crippen LogP contribution in [-0.2, 0) is 4.79 Å². The molecule has 2 aromatic rings. The van der Waals surface area contributed by atoms with Crippen LogP contribution < -0.4 is 14.8 Å². The van der Waals surface area contributed by atoms with E-state index < -0.39 is 0 Å². The van der Waals surface area contributed by atoms with E-state index in [0.29, 0.717) is 23.9 Å². The average molecular weight is 334 g/mol. The molecule has 0 radical (unpaired) electrons. The normalized spacial score (nSPS) is 10.2. The summed E-state index contributed by atoms with van der Waals surface area (Å²) in [5.74, 6) is 1.09. The van der Waals surface area contributed by atoms with Crippen molar-refractivity contribution in [3.63, 3.8) is 0 Å². The molecule has 0 aliphatic carbocycles. The van der Waals surface area contributed by atoms with Crippen LogP contribution in [0.15, 0.2) is 42.5 Å². The first kappa shape index (κ1) is 17.2. The van der Waals surface area contributed by atoms with Crippen LogP contribution in [-0.4, -0.2) is 25.7 Å². The summed E-state index contributed by atoms with van der Waals surface area (Å²) >= 11 is 6.01. The van der Waals surface area contributed by atoms with Gasteiger partial charge >= 0.3 is 0 Å². The van der Waals surface area contributed by atoms with Crippen LogP contribution in [0.2, 0.25) is 5.02 Å². The quantitative estimate of drug-likeness (QED) is 0.788. The summed E-state index contributed by atoms with van der Waals surface area (Å²) in [6.07, 6.45) is 0. The average Bonchev–Trinajstić information content (AvgIpc) is 2.52. The highest BCUT2D eigenvalue weighted by Gasteiger charge is 2.06. The highest BCUT2D eigenvalue weighted by Crippen LogP contribution is 2.24. The van der Waals surface area contributed by atoms with Gasteiger partial charge in [-0.3, -0.25) is 4.79 Å². The molecule has 0 bridgehead atoms. The lowest BCUT2D eigenvalue weighted by molar-refractivity contribution is -0.123. The SMILES string of the molecule is Cc1cccc(OCCNC(=O)COc2cc(C)ccc2Cl)c1. The molecular formula is C18H20ClNO3. The van der Waals surface area contributed by atoms with Crippen molar-refractivity contribution in [2.45, 2.75) is 13.8 Å². The summed E-state index contributed by atoms with van der Waals surface area (Å²) in [6.45, 7) is 4.68. The number of halogens is 1. The van der Waals surface area contributed by atoms with Crippen molar-refractivity contribution in [3.05, 3.63) is 58.6 Å². The molecule has 5 heteroatoms. The number of amides is 1. The number of hydrogen-bond acceptors (Lipinski definition) is 3. The van der Waals surface area contributed by atoms with Crippen LogP contribution in [0.5, 0.6) is 11.5 Å². The Morgan fingerprint density at radius 2 is 1.87 bits per heavy atom. The van der Waals surface area contributed by atoms with E-state index in [-0.39, 0.29) is 12.5 Å². The Morgan fingerprint density at radius 3 is 2.65 bits per heavy atom. The molecule has 2 rings (SSSR count). The van der Waals surface area contributed by atoms with Crippen LogP contribution in [0.1, 0.15) is 11.1 Å². The zero-order valence-corrected chi connectivity index (χ0v) is 14.0. The minimum atomic E-state index is -0.213. The Hall–Kier alpha value is -2.20. The molecule has 0 aromatic heterocycles. The van der Waals surface area contributed by atoms with Crippen LogP contribution >= 0.6 is 11.6 Å². The van der Waals surface area contributed by atoms with Gasteiger partial charge in [-0.1, -0.05) is 29.8 Å². The van der Waals surface area contributed by atoms with Crippen LogP contribution in [0.4, 0.5) is 0 Å². The maximum absolute atomic E-state index is 11.7. The Labute approximate surface area is 141 Å². The summed E-state index contributed by atoms with van der Waals surface area (Å²) in [7, 11) is 0. The molecule has 0 aliphatic heterocycles. The second-order valence-corrected chi connectivity index (χ2v) is 5.64. The number of carbonyl (C=O) groups excluding carboxylic acids is 1. The highest BCUT2D eigenvalue weighted by atomic mass is 35.5. The van der Waals surface area contributed by atoms with Gasteiger partial charge in [-0.25, -0.2) is 0 Å². The van der Waals surface area contributed by atoms with Gasteiger partial charge in [0.2, 0.25) is 0 Å². The predicted molar refractivity (Wildman–Crippen MR) is 91.4 cm³/mol. The van der Waals surface area contributed by atoms with Gasteiger partial charge in [0.05, 0.1) is 11.6 Å². The molecule has 2 aromatic carbocycles. The molecule has 0 aliphatic rings. The Bertz CT molecular complexity index is 673. The van der Waals surface area contributed by atoms with Gasteiger partial charge in [-0.2, -0.15) is 0 Å². The smallest absolute Gasteiger partial charge is 0.258 e. The summed E-state index contributed by atoms with van der Waals surface area (Å²) in [6, 6.07) is 13.2. The van der Waals surface area contributed by atoms with E-state index in [9.17, 15) is 4.79 Å². The fourth-order valence-electron chi connectivity index (χ4n) is 1.98. The van der Waals surface area contributed by atoms with Gasteiger partial charge in [-0.05, 0) is 49.2 Å². The standard InChI is InChI=1S/C18H20ClNO3/c1-13-4-3-5-15(10-13)22-9-8-20-18(21)12-23-17-11-14(2)6-7-16(17)19/h3-7,10-11H,8-9,12H2,1-2H3,(H,20,21). The van der Waals surface area contributed by atoms with Crippen molar-refractivity contribution >= 4 is 17.5 Å². The van der Waals surface area contributed by atoms with Crippen LogP contribution in [0, 0.1) is 13.8 Å². The third-order valence-electron chi connectivity index (χ3n) is 3.13. The molecule has 0 heterocycles. The van der Waals surface area contributed by atoms with E-state index in [1.165, 1.54) is 0 Å². The summed E-state index contributed by atoms with van der Waals surface area (Å²) in [4.78, 5) is 11.7. The third kappa shape index (κ3) is 5.83. The number of hydrogen-bond donors (Lipinski definition) is 1. The molecule has 4 nitrogen and oxygen atoms in total. The fraction of sp³-hybridized carbons (Fsp3) is 0.278. The minimum Gasteiger partial charge on any atom is -0.492 e. The van der Waals surface area contributed by atoms with Gasteiger partial charge < -0.3 is 14.8 Å². The van der Waals surface area contributed by atoms with E-state index in [1.807, 2.05) is 44.2 Å². The van der Waals surface area contributed by atoms with Crippen LogP contribution in [0.25, 0.3) is 0 Å². The van der Waals surface area contributed by atoms with Crippen molar-refractivity contribution in [2.75, 3.05) is 19.8 Å². The summed E-state index contributed by atoms with van der Waals surface area (Å²) in [5.41, 5.74) is 2.16. The summed E-state index contributed by atoms with van der Waals surface area (Å²) in [5, 5.41) is 3.23. The third-order valence-corrected chi connectivity index (χ3v) is 3.44. The highest BCUT2D eigenvalue weighted by molar-refractivity contribution is 6.32. The van der Waals surface area contributed by atoms with Crippen molar-refractivity contribution in [1.29, 1.82) is 0 Å². The number of benzene rings is 2. The second kappa shape index (κ2) is 8.44. The first-order valence-corrected chi connectivity index (χ1v) is 7.77. The van der Waals surface area contributed by atoms with Crippen molar-refractivity contribution in [2.24, 2.45) is 0 Å². The number of rotatable bonds is 7. The van der Waals surface area contributed by atoms with Gasteiger partial charge in [-0.15, -0.1) is 0 Å². The first-order valence-electron chi connectivity index (χ1n) is 7.40. The second-order valence-electron chi connectivity index (χ2n) is 5.24. The predicted octanol–water partition coefficient (Wildman–Crippen LogP) is 3.53. The fourth-order valence-corrected chi connectivity index (χ4v) is 2.15. The van der Waals surface area contributed by atoms with E-state index in [2.05, 4.69) is 5.32 Å². The molecule has 0 unspecified atom stereocenters. The Balaban J connectivity index is 1.68. The van der Waals surface area contributed by atoms with E-state index in [0.717, 1.165) is 16.9 Å². The van der Waals surface area contributed by atoms with Gasteiger partial charge in [0.1, 0.15) is 18.1 Å². The molecule has 0 fully saturated rings. The number of aryl methyl sites for hydroxylation is 2. The number of nitrogens with one attached hydrogen (secondary N) is 1. The molecule has 0 spiro atoms. The maximum Gasteiger partial charge on any atom is 0.258 e.